The van der Waals surface area contributed by atoms with Gasteiger partial charge in [-0.15, -0.1) is 0 Å². The van der Waals surface area contributed by atoms with Crippen molar-refractivity contribution in [1.82, 2.24) is 10.2 Å². The van der Waals surface area contributed by atoms with Crippen LogP contribution in [0, 0.1) is 5.92 Å². The van der Waals surface area contributed by atoms with Gasteiger partial charge >= 0.3 is 12.1 Å². The summed E-state index contributed by atoms with van der Waals surface area (Å²) in [6, 6.07) is 0.143. The van der Waals surface area contributed by atoms with Gasteiger partial charge < -0.3 is 19.7 Å². The van der Waals surface area contributed by atoms with Crippen LogP contribution < -0.4 is 5.32 Å². The summed E-state index contributed by atoms with van der Waals surface area (Å²) in [5, 5.41) is 2.90. The molecular formula is C15H28N2O4. The number of esters is 1. The maximum absolute atomic E-state index is 11.7. The van der Waals surface area contributed by atoms with Crippen molar-refractivity contribution in [2.45, 2.75) is 52.2 Å². The first-order valence-corrected chi connectivity index (χ1v) is 7.51. The third-order valence-corrected chi connectivity index (χ3v) is 3.44. The second kappa shape index (κ2) is 7.64. The second-order valence-corrected chi connectivity index (χ2v) is 6.65. The summed E-state index contributed by atoms with van der Waals surface area (Å²) in [4.78, 5) is 25.3. The first kappa shape index (κ1) is 17.8. The summed E-state index contributed by atoms with van der Waals surface area (Å²) >= 11 is 0. The lowest BCUT2D eigenvalue weighted by molar-refractivity contribution is -0.145. The van der Waals surface area contributed by atoms with E-state index in [-0.39, 0.29) is 24.0 Å². The molecule has 1 aliphatic heterocycles. The first-order chi connectivity index (χ1) is 9.71. The van der Waals surface area contributed by atoms with E-state index < -0.39 is 5.60 Å². The van der Waals surface area contributed by atoms with Crippen LogP contribution >= 0.6 is 0 Å². The van der Waals surface area contributed by atoms with E-state index in [1.165, 1.54) is 7.11 Å². The molecule has 0 saturated carbocycles. The van der Waals surface area contributed by atoms with Crippen LogP contribution in [0.4, 0.5) is 4.79 Å². The van der Waals surface area contributed by atoms with Crippen molar-refractivity contribution in [2.24, 2.45) is 5.92 Å². The van der Waals surface area contributed by atoms with Crippen LogP contribution in [0.15, 0.2) is 0 Å². The van der Waals surface area contributed by atoms with Crippen molar-refractivity contribution >= 4 is 12.1 Å². The van der Waals surface area contributed by atoms with E-state index in [0.717, 1.165) is 25.9 Å². The number of nitrogens with zero attached hydrogens (tertiary/aromatic N) is 1. The molecule has 0 aromatic rings. The number of carbonyl (C=O) groups is 2. The lowest BCUT2D eigenvalue weighted by Gasteiger charge is -2.33. The summed E-state index contributed by atoms with van der Waals surface area (Å²) in [6.07, 6.45) is 1.38. The van der Waals surface area contributed by atoms with Gasteiger partial charge in [0.2, 0.25) is 0 Å². The average Bonchev–Trinajstić information content (AvgIpc) is 2.37. The Kier molecular flexibility index (Phi) is 6.45. The monoisotopic (exact) mass is 300 g/mol. The summed E-state index contributed by atoms with van der Waals surface area (Å²) in [5.41, 5.74) is -0.471. The van der Waals surface area contributed by atoms with E-state index in [0.29, 0.717) is 6.54 Å². The third kappa shape index (κ3) is 6.80. The summed E-state index contributed by atoms with van der Waals surface area (Å²) in [7, 11) is 1.41. The Hall–Kier alpha value is -1.30. The number of amides is 1. The Balaban J connectivity index is 2.29. The van der Waals surface area contributed by atoms with Crippen molar-refractivity contribution in [2.75, 3.05) is 26.7 Å². The molecule has 1 amide bonds. The molecule has 6 heteroatoms. The number of alkyl carbamates (subject to hydrolysis) is 1. The highest BCUT2D eigenvalue weighted by Gasteiger charge is 2.25. The molecule has 0 spiro atoms. The molecule has 0 aromatic heterocycles. The molecular weight excluding hydrogens is 272 g/mol. The van der Waals surface area contributed by atoms with Gasteiger partial charge in [-0.05, 0) is 33.6 Å². The molecule has 0 radical (unpaired) electrons. The molecule has 1 saturated heterocycles. The maximum Gasteiger partial charge on any atom is 0.407 e. The number of hydrogen-bond donors (Lipinski definition) is 1. The first-order valence-electron chi connectivity index (χ1n) is 7.51. The van der Waals surface area contributed by atoms with E-state index in [1.807, 2.05) is 27.7 Å². The highest BCUT2D eigenvalue weighted by atomic mass is 16.6. The van der Waals surface area contributed by atoms with E-state index in [2.05, 4.69) is 10.2 Å². The predicted octanol–water partition coefficient (Wildman–Crippen LogP) is 1.78. The number of carbonyl (C=O) groups excluding carboxylic acids is 2. The minimum absolute atomic E-state index is 0.120. The molecule has 1 N–H and O–H groups in total. The number of hydrogen-bond acceptors (Lipinski definition) is 5. The van der Waals surface area contributed by atoms with Gasteiger partial charge in [-0.25, -0.2) is 4.79 Å². The zero-order chi connectivity index (χ0) is 16.0. The number of nitrogens with one attached hydrogen (secondary N) is 1. The Morgan fingerprint density at radius 3 is 2.33 bits per heavy atom. The van der Waals surface area contributed by atoms with E-state index in [9.17, 15) is 9.59 Å². The molecule has 21 heavy (non-hydrogen) atoms. The third-order valence-electron chi connectivity index (χ3n) is 3.44. The number of likely N-dealkylation sites (tertiary alicyclic amines) is 1. The van der Waals surface area contributed by atoms with E-state index >= 15 is 0 Å². The minimum Gasteiger partial charge on any atom is -0.469 e. The lowest BCUT2D eigenvalue weighted by atomic mass is 10.0. The van der Waals surface area contributed by atoms with Crippen LogP contribution in [0.25, 0.3) is 0 Å². The fourth-order valence-electron chi connectivity index (χ4n) is 2.40. The Labute approximate surface area is 127 Å². The van der Waals surface area contributed by atoms with Crippen molar-refractivity contribution in [3.8, 4) is 0 Å². The van der Waals surface area contributed by atoms with Crippen LogP contribution in [0.3, 0.4) is 0 Å². The van der Waals surface area contributed by atoms with Gasteiger partial charge in [0.05, 0.1) is 13.0 Å². The fraction of sp³-hybridized carbons (Fsp3) is 0.867. The van der Waals surface area contributed by atoms with Gasteiger partial charge in [0.1, 0.15) is 5.60 Å². The number of rotatable bonds is 4. The van der Waals surface area contributed by atoms with Gasteiger partial charge in [-0.2, -0.15) is 0 Å². The SMILES string of the molecule is COC(=O)[C@H](C)CN1CCC(NC(=O)OC(C)(C)C)CC1. The topological polar surface area (TPSA) is 67.9 Å². The van der Waals surface area contributed by atoms with Crippen LogP contribution in [-0.4, -0.2) is 55.3 Å². The molecule has 1 rings (SSSR count). The van der Waals surface area contributed by atoms with Crippen LogP contribution in [0.2, 0.25) is 0 Å². The van der Waals surface area contributed by atoms with Gasteiger partial charge in [0.15, 0.2) is 0 Å². The molecule has 1 fully saturated rings. The van der Waals surface area contributed by atoms with Crippen molar-refractivity contribution in [1.29, 1.82) is 0 Å². The van der Waals surface area contributed by atoms with Crippen LogP contribution in [0.5, 0.6) is 0 Å². The summed E-state index contributed by atoms with van der Waals surface area (Å²) < 4.78 is 9.99. The Morgan fingerprint density at radius 1 is 1.29 bits per heavy atom. The zero-order valence-electron chi connectivity index (χ0n) is 13.8. The highest BCUT2D eigenvalue weighted by molar-refractivity contribution is 5.72. The number of methoxy groups -OCH3 is 1. The lowest BCUT2D eigenvalue weighted by Crippen LogP contribution is -2.47. The second-order valence-electron chi connectivity index (χ2n) is 6.65. The molecule has 0 aliphatic carbocycles. The average molecular weight is 300 g/mol. The molecule has 122 valence electrons. The molecule has 0 aromatic carbocycles. The van der Waals surface area contributed by atoms with Crippen molar-refractivity contribution in [3.05, 3.63) is 0 Å². The Morgan fingerprint density at radius 2 is 1.86 bits per heavy atom. The zero-order valence-corrected chi connectivity index (χ0v) is 13.8. The van der Waals surface area contributed by atoms with E-state index in [4.69, 9.17) is 9.47 Å². The van der Waals surface area contributed by atoms with E-state index in [1.54, 1.807) is 0 Å². The smallest absolute Gasteiger partial charge is 0.407 e. The summed E-state index contributed by atoms with van der Waals surface area (Å²) in [5.74, 6) is -0.297. The highest BCUT2D eigenvalue weighted by Crippen LogP contribution is 2.14. The van der Waals surface area contributed by atoms with Crippen LogP contribution in [-0.2, 0) is 14.3 Å². The molecule has 6 nitrogen and oxygen atoms in total. The molecule has 1 aliphatic rings. The number of piperidine rings is 1. The normalized spacial score (nSPS) is 18.9. The Bertz CT molecular complexity index is 357. The van der Waals surface area contributed by atoms with Crippen molar-refractivity contribution < 1.29 is 19.1 Å². The minimum atomic E-state index is -0.471. The van der Waals surface area contributed by atoms with Crippen LogP contribution in [0.1, 0.15) is 40.5 Å². The molecule has 1 atom stereocenters. The quantitative estimate of drug-likeness (QED) is 0.802. The maximum atomic E-state index is 11.7. The van der Waals surface area contributed by atoms with Gasteiger partial charge in [0, 0.05) is 25.7 Å². The van der Waals surface area contributed by atoms with Crippen molar-refractivity contribution in [3.63, 3.8) is 0 Å². The van der Waals surface area contributed by atoms with Gasteiger partial charge in [-0.1, -0.05) is 6.92 Å². The fourth-order valence-corrected chi connectivity index (χ4v) is 2.40. The largest absolute Gasteiger partial charge is 0.469 e. The number of ether oxygens (including phenoxy) is 2. The molecule has 0 bridgehead atoms. The van der Waals surface area contributed by atoms with Gasteiger partial charge in [-0.3, -0.25) is 4.79 Å². The summed E-state index contributed by atoms with van der Waals surface area (Å²) in [6.45, 7) is 9.85. The standard InChI is InChI=1S/C15H28N2O4/c1-11(13(18)20-5)10-17-8-6-12(7-9-17)16-14(19)21-15(2,3)4/h11-12H,6-10H2,1-5H3,(H,16,19)/t11-/m1/s1. The predicted molar refractivity (Wildman–Crippen MR) is 80.0 cm³/mol. The molecule has 1 heterocycles. The molecule has 0 unspecified atom stereocenters. The van der Waals surface area contributed by atoms with Gasteiger partial charge in [0.25, 0.3) is 0 Å².